The molecule has 2 aromatic heterocycles. The van der Waals surface area contributed by atoms with Crippen molar-refractivity contribution in [2.75, 3.05) is 13.2 Å². The number of unbranched alkanes of at least 4 members (excludes halogenated alkanes) is 1. The Hall–Kier alpha value is -1.74. The first-order valence-corrected chi connectivity index (χ1v) is 8.81. The minimum absolute atomic E-state index is 0.105. The molecule has 24 heavy (non-hydrogen) atoms. The summed E-state index contributed by atoms with van der Waals surface area (Å²) in [6.07, 6.45) is 2.40. The third kappa shape index (κ3) is 4.02. The van der Waals surface area contributed by atoms with Crippen LogP contribution in [-0.4, -0.2) is 36.8 Å². The lowest BCUT2D eigenvalue weighted by Gasteiger charge is -2.09. The van der Waals surface area contributed by atoms with Crippen molar-refractivity contribution in [1.29, 1.82) is 0 Å². The van der Waals surface area contributed by atoms with Gasteiger partial charge in [0.15, 0.2) is 11.2 Å². The highest BCUT2D eigenvalue weighted by molar-refractivity contribution is 7.32. The molecule has 10 nitrogen and oxygen atoms in total. The van der Waals surface area contributed by atoms with Crippen molar-refractivity contribution in [3.8, 4) is 0 Å². The molecular formula is C13H21N4O6P. The monoisotopic (exact) mass is 360 g/mol. The van der Waals surface area contributed by atoms with Gasteiger partial charge in [0.05, 0.1) is 12.9 Å². The number of aryl methyl sites for hydroxylation is 1. The zero-order chi connectivity index (χ0) is 17.7. The van der Waals surface area contributed by atoms with Crippen molar-refractivity contribution in [3.05, 3.63) is 27.2 Å². The maximum atomic E-state index is 12.6. The molecule has 2 heterocycles. The number of fused-ring (bicyclic) bond motifs is 1. The second-order valence-corrected chi connectivity index (χ2v) is 5.95. The Morgan fingerprint density at radius 3 is 2.75 bits per heavy atom. The fourth-order valence-electron chi connectivity index (χ4n) is 2.34. The Balaban J connectivity index is 2.27. The first-order valence-electron chi connectivity index (χ1n) is 7.55. The summed E-state index contributed by atoms with van der Waals surface area (Å²) in [6.45, 7) is 2.81. The number of hydrogen-bond acceptors (Lipinski definition) is 6. The van der Waals surface area contributed by atoms with Crippen LogP contribution in [0.1, 0.15) is 19.8 Å². The quantitative estimate of drug-likeness (QED) is 0.497. The first kappa shape index (κ1) is 18.6. The van der Waals surface area contributed by atoms with Gasteiger partial charge >= 0.3 is 13.9 Å². The predicted octanol–water partition coefficient (Wildman–Crippen LogP) is 0.0695. The van der Waals surface area contributed by atoms with Crippen molar-refractivity contribution in [2.45, 2.75) is 33.0 Å². The zero-order valence-corrected chi connectivity index (χ0v) is 14.6. The van der Waals surface area contributed by atoms with Gasteiger partial charge in [-0.25, -0.2) is 9.78 Å². The van der Waals surface area contributed by atoms with Crippen molar-refractivity contribution in [1.82, 2.24) is 18.7 Å². The molecule has 0 aliphatic heterocycles. The molecule has 0 saturated carbocycles. The van der Waals surface area contributed by atoms with Crippen LogP contribution < -0.4 is 11.2 Å². The zero-order valence-electron chi connectivity index (χ0n) is 13.6. The Morgan fingerprint density at radius 2 is 2.08 bits per heavy atom. The molecular weight excluding hydrogens is 339 g/mol. The molecule has 0 radical (unpaired) electrons. The number of hydrogen-bond donors (Lipinski definition) is 1. The van der Waals surface area contributed by atoms with E-state index in [0.29, 0.717) is 30.6 Å². The molecule has 0 aromatic carbocycles. The molecule has 134 valence electrons. The largest absolute Gasteiger partial charge is 0.361 e. The van der Waals surface area contributed by atoms with Gasteiger partial charge in [-0.15, -0.1) is 0 Å². The molecule has 1 unspecified atom stereocenters. The number of aromatic nitrogens is 4. The Kier molecular flexibility index (Phi) is 6.50. The highest BCUT2D eigenvalue weighted by atomic mass is 31.1. The third-order valence-corrected chi connectivity index (χ3v) is 3.99. The third-order valence-electron chi connectivity index (χ3n) is 3.54. The summed E-state index contributed by atoms with van der Waals surface area (Å²) in [6, 6.07) is 0. The van der Waals surface area contributed by atoms with Crippen molar-refractivity contribution < 1.29 is 18.7 Å². The molecule has 0 fully saturated rings. The van der Waals surface area contributed by atoms with Gasteiger partial charge in [0, 0.05) is 20.2 Å². The number of rotatable bonds is 9. The molecule has 1 N–H and O–H groups in total. The molecule has 1 atom stereocenters. The first-order chi connectivity index (χ1) is 11.5. The van der Waals surface area contributed by atoms with E-state index in [9.17, 15) is 14.2 Å². The summed E-state index contributed by atoms with van der Waals surface area (Å²) in [5, 5.41) is 0. The maximum Gasteiger partial charge on any atom is 0.332 e. The van der Waals surface area contributed by atoms with Crippen LogP contribution in [0.3, 0.4) is 0 Å². The van der Waals surface area contributed by atoms with Gasteiger partial charge in [0.1, 0.15) is 6.73 Å². The van der Waals surface area contributed by atoms with Gasteiger partial charge in [-0.2, -0.15) is 0 Å². The van der Waals surface area contributed by atoms with E-state index in [1.54, 1.807) is 11.6 Å². The van der Waals surface area contributed by atoms with Gasteiger partial charge in [-0.3, -0.25) is 18.5 Å². The smallest absolute Gasteiger partial charge is 0.332 e. The Labute approximate surface area is 138 Å². The summed E-state index contributed by atoms with van der Waals surface area (Å²) in [5.74, 6) is 0. The van der Waals surface area contributed by atoms with Crippen molar-refractivity contribution in [2.24, 2.45) is 7.05 Å². The number of ether oxygens (including phenoxy) is 1. The van der Waals surface area contributed by atoms with E-state index in [0.717, 1.165) is 4.57 Å². The van der Waals surface area contributed by atoms with Crippen LogP contribution in [0.4, 0.5) is 0 Å². The Bertz CT molecular complexity index is 839. The van der Waals surface area contributed by atoms with E-state index in [2.05, 4.69) is 9.51 Å². The molecule has 0 amide bonds. The second-order valence-electron chi connectivity index (χ2n) is 5.13. The predicted molar refractivity (Wildman–Crippen MR) is 87.3 cm³/mol. The van der Waals surface area contributed by atoms with E-state index in [4.69, 9.17) is 9.63 Å². The van der Waals surface area contributed by atoms with Crippen LogP contribution in [0.5, 0.6) is 0 Å². The van der Waals surface area contributed by atoms with Crippen molar-refractivity contribution in [3.63, 3.8) is 0 Å². The molecule has 0 aliphatic carbocycles. The summed E-state index contributed by atoms with van der Waals surface area (Å²) in [7, 11) is -1.39. The lowest BCUT2D eigenvalue weighted by Crippen LogP contribution is -2.39. The van der Waals surface area contributed by atoms with Gasteiger partial charge in [-0.1, -0.05) is 0 Å². The van der Waals surface area contributed by atoms with Gasteiger partial charge in [0.2, 0.25) is 0 Å². The van der Waals surface area contributed by atoms with Crippen LogP contribution in [0.2, 0.25) is 0 Å². The highest BCUT2D eigenvalue weighted by Gasteiger charge is 2.15. The van der Waals surface area contributed by atoms with Crippen LogP contribution in [0, 0.1) is 0 Å². The summed E-state index contributed by atoms with van der Waals surface area (Å²) >= 11 is 0. The maximum absolute atomic E-state index is 12.6. The second kappa shape index (κ2) is 8.39. The minimum atomic E-state index is -2.95. The Morgan fingerprint density at radius 1 is 1.33 bits per heavy atom. The molecule has 0 spiro atoms. The van der Waals surface area contributed by atoms with Crippen molar-refractivity contribution >= 4 is 19.4 Å². The molecule has 0 bridgehead atoms. The van der Waals surface area contributed by atoms with E-state index in [1.165, 1.54) is 10.9 Å². The van der Waals surface area contributed by atoms with Crippen LogP contribution in [-0.2, 0) is 34.1 Å². The van der Waals surface area contributed by atoms with Gasteiger partial charge < -0.3 is 18.7 Å². The molecule has 2 aromatic rings. The van der Waals surface area contributed by atoms with Gasteiger partial charge in [0.25, 0.3) is 5.56 Å². The normalized spacial score (nSPS) is 12.8. The van der Waals surface area contributed by atoms with Crippen LogP contribution in [0.25, 0.3) is 11.2 Å². The lowest BCUT2D eigenvalue weighted by atomic mass is 10.3. The van der Waals surface area contributed by atoms with E-state index in [1.807, 2.05) is 6.92 Å². The van der Waals surface area contributed by atoms with E-state index in [-0.39, 0.29) is 19.9 Å². The lowest BCUT2D eigenvalue weighted by molar-refractivity contribution is 0.0903. The standard InChI is InChI=1S/C13H21N4O6P/c1-3-22-9-16-8-14-11-10(16)12(18)17(13(19)15(11)2)6-4-5-7-23-24(20)21/h8,24H,3-7,9H2,1-2H3,(H,20,21). The fraction of sp³-hybridized carbons (Fsp3) is 0.615. The highest BCUT2D eigenvalue weighted by Crippen LogP contribution is 2.14. The molecule has 2 rings (SSSR count). The molecule has 0 saturated heterocycles. The minimum Gasteiger partial charge on any atom is -0.361 e. The average Bonchev–Trinajstić information content (AvgIpc) is 2.97. The summed E-state index contributed by atoms with van der Waals surface area (Å²) < 4.78 is 24.4. The van der Waals surface area contributed by atoms with E-state index < -0.39 is 19.5 Å². The van der Waals surface area contributed by atoms with Gasteiger partial charge in [-0.05, 0) is 19.8 Å². The van der Waals surface area contributed by atoms with E-state index >= 15 is 0 Å². The topological polar surface area (TPSA) is 118 Å². The molecule has 11 heteroatoms. The van der Waals surface area contributed by atoms with Crippen LogP contribution in [0.15, 0.2) is 15.9 Å². The molecule has 0 aliphatic rings. The summed E-state index contributed by atoms with van der Waals surface area (Å²) in [4.78, 5) is 37.7. The SMILES string of the molecule is CCOCn1cnc2c1c(=O)n(CCCCO[PH](=O)O)c(=O)n2C. The van der Waals surface area contributed by atoms with Crippen LogP contribution >= 0.6 is 8.25 Å². The fourth-order valence-corrected chi connectivity index (χ4v) is 2.66. The number of nitrogens with zero attached hydrogens (tertiary/aromatic N) is 4. The summed E-state index contributed by atoms with van der Waals surface area (Å²) in [5.41, 5.74) is -0.266. The average molecular weight is 360 g/mol. The number of imidazole rings is 1.